The molecule has 1 aromatic rings. The summed E-state index contributed by atoms with van der Waals surface area (Å²) in [7, 11) is 1.52. The third-order valence-corrected chi connectivity index (χ3v) is 3.53. The molecular formula is C16H24ClN3O4. The summed E-state index contributed by atoms with van der Waals surface area (Å²) < 4.78 is 10.7. The number of nitrogens with one attached hydrogen (secondary N) is 2. The highest BCUT2D eigenvalue weighted by Gasteiger charge is 2.23. The largest absolute Gasteiger partial charge is 0.493 e. The van der Waals surface area contributed by atoms with Gasteiger partial charge in [0.15, 0.2) is 18.1 Å². The van der Waals surface area contributed by atoms with Crippen molar-refractivity contribution < 1.29 is 19.1 Å². The van der Waals surface area contributed by atoms with Crippen molar-refractivity contribution in [3.63, 3.8) is 0 Å². The zero-order valence-electron chi connectivity index (χ0n) is 13.8. The molecule has 1 unspecified atom stereocenters. The normalized spacial score (nSPS) is 14.1. The summed E-state index contributed by atoms with van der Waals surface area (Å²) in [5, 5.41) is 5.60. The Morgan fingerprint density at radius 1 is 1.33 bits per heavy atom. The zero-order chi connectivity index (χ0) is 16.8. The Morgan fingerprint density at radius 2 is 2.04 bits per heavy atom. The lowest BCUT2D eigenvalue weighted by Gasteiger charge is -2.14. The fourth-order valence-corrected chi connectivity index (χ4v) is 1.88. The van der Waals surface area contributed by atoms with Gasteiger partial charge in [0.1, 0.15) is 0 Å². The summed E-state index contributed by atoms with van der Waals surface area (Å²) in [6, 6.07) is 5.30. The van der Waals surface area contributed by atoms with E-state index in [4.69, 9.17) is 15.2 Å². The SMILES string of the molecule is COc1ccc(NC(=O)C(C)CN)cc1OCC(=O)NC1CC1.Cl. The monoisotopic (exact) mass is 357 g/mol. The second-order valence-electron chi connectivity index (χ2n) is 5.62. The van der Waals surface area contributed by atoms with Crippen LogP contribution in [-0.2, 0) is 9.59 Å². The summed E-state index contributed by atoms with van der Waals surface area (Å²) in [5.74, 6) is 0.271. The maximum atomic E-state index is 11.9. The summed E-state index contributed by atoms with van der Waals surface area (Å²) >= 11 is 0. The third kappa shape index (κ3) is 5.90. The van der Waals surface area contributed by atoms with E-state index in [1.165, 1.54) is 7.11 Å². The molecule has 1 fully saturated rings. The first-order valence-corrected chi connectivity index (χ1v) is 7.64. The molecule has 0 radical (unpaired) electrons. The van der Waals surface area contributed by atoms with Gasteiger partial charge in [0, 0.05) is 30.3 Å². The van der Waals surface area contributed by atoms with E-state index in [9.17, 15) is 9.59 Å². The number of rotatable bonds is 8. The van der Waals surface area contributed by atoms with E-state index in [0.717, 1.165) is 12.8 Å². The molecule has 7 nitrogen and oxygen atoms in total. The van der Waals surface area contributed by atoms with Crippen molar-refractivity contribution >= 4 is 29.9 Å². The molecule has 134 valence electrons. The number of halogens is 1. The molecular weight excluding hydrogens is 334 g/mol. The van der Waals surface area contributed by atoms with Crippen LogP contribution in [-0.4, -0.2) is 38.1 Å². The fourth-order valence-electron chi connectivity index (χ4n) is 1.88. The Bertz CT molecular complexity index is 578. The van der Waals surface area contributed by atoms with Crippen LogP contribution in [0.4, 0.5) is 5.69 Å². The molecule has 0 saturated heterocycles. The van der Waals surface area contributed by atoms with Gasteiger partial charge >= 0.3 is 0 Å². The molecule has 0 aliphatic heterocycles. The standard InChI is InChI=1S/C16H23N3O4.ClH/c1-10(8-17)16(21)19-12-5-6-13(22-2)14(7-12)23-9-15(20)18-11-3-4-11;/h5-7,10-11H,3-4,8-9,17H2,1-2H3,(H,18,20)(H,19,21);1H. The van der Waals surface area contributed by atoms with Crippen LogP contribution in [0, 0.1) is 5.92 Å². The van der Waals surface area contributed by atoms with Crippen molar-refractivity contribution in [1.29, 1.82) is 0 Å². The second-order valence-corrected chi connectivity index (χ2v) is 5.62. The Morgan fingerprint density at radius 3 is 2.62 bits per heavy atom. The first-order chi connectivity index (χ1) is 11.0. The number of amides is 2. The van der Waals surface area contributed by atoms with Gasteiger partial charge in [-0.2, -0.15) is 0 Å². The van der Waals surface area contributed by atoms with Crippen LogP contribution in [0.15, 0.2) is 18.2 Å². The van der Waals surface area contributed by atoms with Crippen LogP contribution in [0.3, 0.4) is 0 Å². The number of carbonyl (C=O) groups excluding carboxylic acids is 2. The second kappa shape index (κ2) is 9.34. The summed E-state index contributed by atoms with van der Waals surface area (Å²) in [5.41, 5.74) is 6.04. The molecule has 0 aromatic heterocycles. The van der Waals surface area contributed by atoms with Crippen molar-refractivity contribution in [3.05, 3.63) is 18.2 Å². The highest BCUT2D eigenvalue weighted by molar-refractivity contribution is 5.92. The predicted molar refractivity (Wildman–Crippen MR) is 93.7 cm³/mol. The molecule has 1 aromatic carbocycles. The molecule has 24 heavy (non-hydrogen) atoms. The van der Waals surface area contributed by atoms with Gasteiger partial charge in [0.25, 0.3) is 5.91 Å². The van der Waals surface area contributed by atoms with Crippen molar-refractivity contribution in [2.24, 2.45) is 11.7 Å². The van der Waals surface area contributed by atoms with Crippen molar-refractivity contribution in [2.45, 2.75) is 25.8 Å². The van der Waals surface area contributed by atoms with E-state index in [2.05, 4.69) is 10.6 Å². The highest BCUT2D eigenvalue weighted by Crippen LogP contribution is 2.30. The van der Waals surface area contributed by atoms with Crippen LogP contribution in [0.2, 0.25) is 0 Å². The van der Waals surface area contributed by atoms with Gasteiger partial charge in [-0.25, -0.2) is 0 Å². The molecule has 1 aliphatic rings. The first kappa shape index (κ1) is 20.1. The van der Waals surface area contributed by atoms with E-state index in [0.29, 0.717) is 17.2 Å². The van der Waals surface area contributed by atoms with Gasteiger partial charge in [-0.15, -0.1) is 12.4 Å². The molecule has 4 N–H and O–H groups in total. The number of anilines is 1. The van der Waals surface area contributed by atoms with Gasteiger partial charge in [-0.05, 0) is 25.0 Å². The number of ether oxygens (including phenoxy) is 2. The predicted octanol–water partition coefficient (Wildman–Crippen LogP) is 1.31. The maximum Gasteiger partial charge on any atom is 0.258 e. The maximum absolute atomic E-state index is 11.9. The minimum Gasteiger partial charge on any atom is -0.493 e. The average Bonchev–Trinajstić information content (AvgIpc) is 3.36. The lowest BCUT2D eigenvalue weighted by molar-refractivity contribution is -0.123. The molecule has 8 heteroatoms. The van der Waals surface area contributed by atoms with Crippen LogP contribution < -0.4 is 25.8 Å². The number of benzene rings is 1. The molecule has 0 spiro atoms. The summed E-state index contributed by atoms with van der Waals surface area (Å²) in [4.78, 5) is 23.6. The van der Waals surface area contributed by atoms with Crippen LogP contribution in [0.5, 0.6) is 11.5 Å². The third-order valence-electron chi connectivity index (χ3n) is 3.53. The smallest absolute Gasteiger partial charge is 0.258 e. The Labute approximate surface area is 147 Å². The van der Waals surface area contributed by atoms with Crippen molar-refractivity contribution in [3.8, 4) is 11.5 Å². The van der Waals surface area contributed by atoms with E-state index in [1.807, 2.05) is 0 Å². The molecule has 1 aliphatic carbocycles. The van der Waals surface area contributed by atoms with Crippen LogP contribution in [0.1, 0.15) is 19.8 Å². The van der Waals surface area contributed by atoms with Crippen LogP contribution in [0.25, 0.3) is 0 Å². The quantitative estimate of drug-likeness (QED) is 0.651. The topological polar surface area (TPSA) is 103 Å². The number of hydrogen-bond acceptors (Lipinski definition) is 5. The summed E-state index contributed by atoms with van der Waals surface area (Å²) in [6.45, 7) is 1.93. The Balaban J connectivity index is 0.00000288. The molecule has 1 atom stereocenters. The zero-order valence-corrected chi connectivity index (χ0v) is 14.7. The molecule has 0 heterocycles. The Hall–Kier alpha value is -1.99. The number of hydrogen-bond donors (Lipinski definition) is 3. The summed E-state index contributed by atoms with van der Waals surface area (Å²) in [6.07, 6.45) is 2.05. The minimum absolute atomic E-state index is 0. The van der Waals surface area contributed by atoms with Gasteiger partial charge < -0.3 is 25.8 Å². The van der Waals surface area contributed by atoms with Crippen molar-refractivity contribution in [1.82, 2.24) is 5.32 Å². The Kier molecular flexibility index (Phi) is 7.81. The fraction of sp³-hybridized carbons (Fsp3) is 0.500. The van der Waals surface area contributed by atoms with Crippen molar-refractivity contribution in [2.75, 3.05) is 25.6 Å². The van der Waals surface area contributed by atoms with Crippen LogP contribution >= 0.6 is 12.4 Å². The van der Waals surface area contributed by atoms with E-state index < -0.39 is 0 Å². The van der Waals surface area contributed by atoms with Gasteiger partial charge in [0.05, 0.1) is 7.11 Å². The van der Waals surface area contributed by atoms with E-state index in [1.54, 1.807) is 25.1 Å². The highest BCUT2D eigenvalue weighted by atomic mass is 35.5. The molecule has 1 saturated carbocycles. The van der Waals surface area contributed by atoms with Gasteiger partial charge in [-0.1, -0.05) is 6.92 Å². The molecule has 2 rings (SSSR count). The lowest BCUT2D eigenvalue weighted by atomic mass is 10.1. The number of carbonyl (C=O) groups is 2. The molecule has 2 amide bonds. The van der Waals surface area contributed by atoms with E-state index >= 15 is 0 Å². The lowest BCUT2D eigenvalue weighted by Crippen LogP contribution is -2.30. The minimum atomic E-state index is -0.286. The number of methoxy groups -OCH3 is 1. The number of nitrogens with two attached hydrogens (primary N) is 1. The van der Waals surface area contributed by atoms with Gasteiger partial charge in [0.2, 0.25) is 5.91 Å². The van der Waals surface area contributed by atoms with Gasteiger partial charge in [-0.3, -0.25) is 9.59 Å². The average molecular weight is 358 g/mol. The van der Waals surface area contributed by atoms with E-state index in [-0.39, 0.29) is 49.3 Å². The first-order valence-electron chi connectivity index (χ1n) is 7.64. The molecule has 0 bridgehead atoms.